The van der Waals surface area contributed by atoms with E-state index in [0.29, 0.717) is 56.3 Å². The second-order valence-electron chi connectivity index (χ2n) is 7.13. The highest BCUT2D eigenvalue weighted by Gasteiger charge is 2.21. The summed E-state index contributed by atoms with van der Waals surface area (Å²) in [6.07, 6.45) is 2.37. The Morgan fingerprint density at radius 2 is 1.90 bits per heavy atom. The number of aromatic nitrogens is 1. The van der Waals surface area contributed by atoms with Crippen molar-refractivity contribution in [2.24, 2.45) is 0 Å². The number of anilines is 1. The molecule has 0 saturated carbocycles. The minimum Gasteiger partial charge on any atom is -0.491 e. The van der Waals surface area contributed by atoms with E-state index in [1.165, 1.54) is 6.20 Å². The highest BCUT2D eigenvalue weighted by Crippen LogP contribution is 2.18. The smallest absolute Gasteiger partial charge is 0.339 e. The third-order valence-electron chi connectivity index (χ3n) is 5.00. The topological polar surface area (TPSA) is 81.2 Å². The largest absolute Gasteiger partial charge is 0.491 e. The molecule has 0 atom stereocenters. The van der Waals surface area contributed by atoms with Crippen LogP contribution in [0.1, 0.15) is 34.1 Å². The average Bonchev–Trinajstić information content (AvgIpc) is 3.06. The van der Waals surface area contributed by atoms with Crippen molar-refractivity contribution in [3.63, 3.8) is 0 Å². The van der Waals surface area contributed by atoms with E-state index in [1.54, 1.807) is 26.2 Å². The number of carbonyl (C=O) groups is 2. The van der Waals surface area contributed by atoms with Gasteiger partial charge in [0.15, 0.2) is 0 Å². The van der Waals surface area contributed by atoms with Gasteiger partial charge in [-0.25, -0.2) is 9.78 Å². The maximum absolute atomic E-state index is 13.0. The van der Waals surface area contributed by atoms with E-state index in [4.69, 9.17) is 14.2 Å². The summed E-state index contributed by atoms with van der Waals surface area (Å²) >= 11 is 0. The molecule has 1 aromatic carbocycles. The van der Waals surface area contributed by atoms with Crippen molar-refractivity contribution in [2.45, 2.75) is 13.3 Å². The number of hydrogen-bond acceptors (Lipinski definition) is 7. The number of rotatable bonds is 8. The third-order valence-corrected chi connectivity index (χ3v) is 5.00. The molecule has 8 heteroatoms. The summed E-state index contributed by atoms with van der Waals surface area (Å²) in [6, 6.07) is 10.8. The summed E-state index contributed by atoms with van der Waals surface area (Å²) in [5.41, 5.74) is 1.05. The molecule has 1 aliphatic heterocycles. The number of ether oxygens (including phenoxy) is 3. The van der Waals surface area contributed by atoms with Crippen molar-refractivity contribution in [2.75, 3.05) is 58.0 Å². The van der Waals surface area contributed by atoms with Crippen LogP contribution in [0, 0.1) is 0 Å². The Hall–Kier alpha value is -3.13. The molecule has 0 spiro atoms. The predicted octanol–water partition coefficient (Wildman–Crippen LogP) is 2.64. The van der Waals surface area contributed by atoms with Gasteiger partial charge < -0.3 is 24.0 Å². The van der Waals surface area contributed by atoms with Gasteiger partial charge in [-0.05, 0) is 43.7 Å². The Bertz CT molecular complexity index is 872. The van der Waals surface area contributed by atoms with Crippen LogP contribution in [-0.2, 0) is 9.47 Å². The van der Waals surface area contributed by atoms with Crippen LogP contribution in [0.2, 0.25) is 0 Å². The highest BCUT2D eigenvalue weighted by atomic mass is 16.5. The average molecular weight is 428 g/mol. The number of pyridine rings is 1. The molecule has 1 fully saturated rings. The van der Waals surface area contributed by atoms with Crippen molar-refractivity contribution >= 4 is 17.7 Å². The summed E-state index contributed by atoms with van der Waals surface area (Å²) in [6.45, 7) is 5.76. The maximum atomic E-state index is 13.0. The fourth-order valence-electron chi connectivity index (χ4n) is 3.40. The summed E-state index contributed by atoms with van der Waals surface area (Å²) in [5.74, 6) is 1.06. The van der Waals surface area contributed by atoms with E-state index in [9.17, 15) is 9.59 Å². The van der Waals surface area contributed by atoms with Gasteiger partial charge in [-0.15, -0.1) is 0 Å². The quantitative estimate of drug-likeness (QED) is 0.473. The highest BCUT2D eigenvalue weighted by molar-refractivity contribution is 5.94. The van der Waals surface area contributed by atoms with Crippen LogP contribution in [0.5, 0.6) is 5.75 Å². The lowest BCUT2D eigenvalue weighted by molar-refractivity contribution is 0.0525. The van der Waals surface area contributed by atoms with E-state index in [-0.39, 0.29) is 11.9 Å². The normalized spacial score (nSPS) is 14.1. The zero-order valence-corrected chi connectivity index (χ0v) is 18.1. The molecule has 3 rings (SSSR count). The van der Waals surface area contributed by atoms with E-state index >= 15 is 0 Å². The summed E-state index contributed by atoms with van der Waals surface area (Å²) in [5, 5.41) is 0. The van der Waals surface area contributed by atoms with Gasteiger partial charge in [0.2, 0.25) is 0 Å². The standard InChI is InChI=1S/C23H29N3O5/c1-3-30-23(28)19-8-9-21(24-17-19)25-10-5-11-26(13-12-25)22(27)18-6-4-7-20(16-18)31-15-14-29-2/h4,6-9,16-17H,3,5,10-15H2,1-2H3. The van der Waals surface area contributed by atoms with E-state index in [0.717, 1.165) is 18.8 Å². The van der Waals surface area contributed by atoms with Gasteiger partial charge in [0.05, 0.1) is 18.8 Å². The summed E-state index contributed by atoms with van der Waals surface area (Å²) in [4.78, 5) is 33.2. The van der Waals surface area contributed by atoms with Crippen molar-refractivity contribution in [1.82, 2.24) is 9.88 Å². The molecule has 0 unspecified atom stereocenters. The maximum Gasteiger partial charge on any atom is 0.339 e. The number of amides is 1. The first-order chi connectivity index (χ1) is 15.1. The van der Waals surface area contributed by atoms with Gasteiger partial charge in [0.25, 0.3) is 5.91 Å². The van der Waals surface area contributed by atoms with Crippen LogP contribution >= 0.6 is 0 Å². The molecular formula is C23H29N3O5. The van der Waals surface area contributed by atoms with Crippen molar-refractivity contribution in [3.05, 3.63) is 53.7 Å². The Balaban J connectivity index is 1.60. The number of hydrogen-bond donors (Lipinski definition) is 0. The van der Waals surface area contributed by atoms with Crippen molar-refractivity contribution in [1.29, 1.82) is 0 Å². The van der Waals surface area contributed by atoms with Gasteiger partial charge in [-0.1, -0.05) is 6.07 Å². The molecular weight excluding hydrogens is 398 g/mol. The lowest BCUT2D eigenvalue weighted by Crippen LogP contribution is -2.35. The van der Waals surface area contributed by atoms with Crippen LogP contribution in [-0.4, -0.2) is 74.9 Å². The lowest BCUT2D eigenvalue weighted by atomic mass is 10.2. The molecule has 2 aromatic rings. The van der Waals surface area contributed by atoms with Gasteiger partial charge in [0, 0.05) is 45.0 Å². The zero-order valence-electron chi connectivity index (χ0n) is 18.1. The Morgan fingerprint density at radius 1 is 1.03 bits per heavy atom. The zero-order chi connectivity index (χ0) is 22.1. The first-order valence-corrected chi connectivity index (χ1v) is 10.5. The number of benzene rings is 1. The van der Waals surface area contributed by atoms with Crippen LogP contribution in [0.4, 0.5) is 5.82 Å². The van der Waals surface area contributed by atoms with Gasteiger partial charge in [-0.3, -0.25) is 4.79 Å². The second-order valence-corrected chi connectivity index (χ2v) is 7.13. The second kappa shape index (κ2) is 11.3. The fraction of sp³-hybridized carbons (Fsp3) is 0.435. The Morgan fingerprint density at radius 3 is 2.65 bits per heavy atom. The molecule has 8 nitrogen and oxygen atoms in total. The fourth-order valence-corrected chi connectivity index (χ4v) is 3.40. The predicted molar refractivity (Wildman–Crippen MR) is 117 cm³/mol. The monoisotopic (exact) mass is 427 g/mol. The SMILES string of the molecule is CCOC(=O)c1ccc(N2CCCN(C(=O)c3cccc(OCCOC)c3)CC2)nc1. The van der Waals surface area contributed by atoms with Gasteiger partial charge in [-0.2, -0.15) is 0 Å². The molecule has 0 N–H and O–H groups in total. The van der Waals surface area contributed by atoms with E-state index in [1.807, 2.05) is 29.2 Å². The number of carbonyl (C=O) groups excluding carboxylic acids is 2. The Labute approximate surface area is 182 Å². The Kier molecular flexibility index (Phi) is 8.23. The van der Waals surface area contributed by atoms with Crippen LogP contribution < -0.4 is 9.64 Å². The number of nitrogens with zero attached hydrogens (tertiary/aromatic N) is 3. The van der Waals surface area contributed by atoms with E-state index < -0.39 is 0 Å². The summed E-state index contributed by atoms with van der Waals surface area (Å²) < 4.78 is 15.6. The first kappa shape index (κ1) is 22.6. The van der Waals surface area contributed by atoms with Crippen LogP contribution in [0.15, 0.2) is 42.6 Å². The van der Waals surface area contributed by atoms with E-state index in [2.05, 4.69) is 9.88 Å². The molecule has 0 bridgehead atoms. The van der Waals surface area contributed by atoms with Crippen LogP contribution in [0.25, 0.3) is 0 Å². The molecule has 1 saturated heterocycles. The van der Waals surface area contributed by atoms with Crippen molar-refractivity contribution in [3.8, 4) is 5.75 Å². The van der Waals surface area contributed by atoms with Crippen molar-refractivity contribution < 1.29 is 23.8 Å². The summed E-state index contributed by atoms with van der Waals surface area (Å²) in [7, 11) is 1.62. The third kappa shape index (κ3) is 6.18. The molecule has 1 aromatic heterocycles. The molecule has 0 radical (unpaired) electrons. The molecule has 2 heterocycles. The molecule has 166 valence electrons. The molecule has 1 aliphatic rings. The molecule has 1 amide bonds. The molecule has 31 heavy (non-hydrogen) atoms. The van der Waals surface area contributed by atoms with Crippen LogP contribution in [0.3, 0.4) is 0 Å². The first-order valence-electron chi connectivity index (χ1n) is 10.5. The number of esters is 1. The minimum absolute atomic E-state index is 0.00957. The van der Waals surface area contributed by atoms with Gasteiger partial charge in [0.1, 0.15) is 18.2 Å². The molecule has 0 aliphatic carbocycles. The lowest BCUT2D eigenvalue weighted by Gasteiger charge is -2.23. The van der Waals surface area contributed by atoms with Gasteiger partial charge >= 0.3 is 5.97 Å². The number of methoxy groups -OCH3 is 1. The minimum atomic E-state index is -0.373.